The average Bonchev–Trinajstić information content (AvgIpc) is 2.19. The number of aliphatic hydroxyl groups is 1. The van der Waals surface area contributed by atoms with Crippen molar-refractivity contribution in [2.45, 2.75) is 46.0 Å². The van der Waals surface area contributed by atoms with Crippen molar-refractivity contribution in [1.29, 1.82) is 0 Å². The minimum Gasteiger partial charge on any atom is -0.396 e. The lowest BCUT2D eigenvalue weighted by atomic mass is 9.88. The standard InChI is InChI=1S/C12H25NO/c1-12(2,10-14)9-13-8-11-6-4-3-5-7-11/h11,13-14H,3-10H2,1-2H3. The highest BCUT2D eigenvalue weighted by Crippen LogP contribution is 2.23. The minimum absolute atomic E-state index is 0.0364. The molecule has 1 saturated carbocycles. The van der Waals surface area contributed by atoms with E-state index in [4.69, 9.17) is 5.11 Å². The third kappa shape index (κ3) is 4.43. The maximum Gasteiger partial charge on any atom is 0.0494 e. The van der Waals surface area contributed by atoms with Crippen molar-refractivity contribution in [3.05, 3.63) is 0 Å². The van der Waals surface area contributed by atoms with E-state index < -0.39 is 0 Å². The molecule has 14 heavy (non-hydrogen) atoms. The summed E-state index contributed by atoms with van der Waals surface area (Å²) in [4.78, 5) is 0. The minimum atomic E-state index is 0.0364. The normalized spacial score (nSPS) is 19.9. The van der Waals surface area contributed by atoms with Gasteiger partial charge >= 0.3 is 0 Å². The molecule has 1 aliphatic carbocycles. The molecule has 0 saturated heterocycles. The Kier molecular flexibility index (Phi) is 4.90. The second-order valence-electron chi connectivity index (χ2n) is 5.46. The second kappa shape index (κ2) is 5.72. The molecule has 0 aromatic rings. The van der Waals surface area contributed by atoms with E-state index in [0.717, 1.165) is 19.0 Å². The number of aliphatic hydroxyl groups excluding tert-OH is 1. The van der Waals surface area contributed by atoms with Crippen molar-refractivity contribution in [3.8, 4) is 0 Å². The fourth-order valence-electron chi connectivity index (χ4n) is 2.06. The first-order valence-electron chi connectivity index (χ1n) is 5.96. The highest BCUT2D eigenvalue weighted by Gasteiger charge is 2.17. The van der Waals surface area contributed by atoms with E-state index in [1.165, 1.54) is 32.1 Å². The van der Waals surface area contributed by atoms with Crippen LogP contribution in [0.25, 0.3) is 0 Å². The summed E-state index contributed by atoms with van der Waals surface area (Å²) in [6.07, 6.45) is 7.04. The lowest BCUT2D eigenvalue weighted by molar-refractivity contribution is 0.154. The van der Waals surface area contributed by atoms with Gasteiger partial charge in [0.25, 0.3) is 0 Å². The molecule has 2 heteroatoms. The van der Waals surface area contributed by atoms with Crippen molar-refractivity contribution in [3.63, 3.8) is 0 Å². The topological polar surface area (TPSA) is 32.3 Å². The lowest BCUT2D eigenvalue weighted by Crippen LogP contribution is -2.35. The molecule has 0 unspecified atom stereocenters. The summed E-state index contributed by atoms with van der Waals surface area (Å²) in [7, 11) is 0. The van der Waals surface area contributed by atoms with Crippen LogP contribution in [-0.2, 0) is 0 Å². The Balaban J connectivity index is 2.08. The van der Waals surface area contributed by atoms with Gasteiger partial charge in [-0.2, -0.15) is 0 Å². The third-order valence-corrected chi connectivity index (χ3v) is 3.19. The fraction of sp³-hybridized carbons (Fsp3) is 1.00. The van der Waals surface area contributed by atoms with Gasteiger partial charge in [-0.3, -0.25) is 0 Å². The number of hydrogen-bond acceptors (Lipinski definition) is 2. The van der Waals surface area contributed by atoms with E-state index in [0.29, 0.717) is 0 Å². The summed E-state index contributed by atoms with van der Waals surface area (Å²) in [6.45, 7) is 6.54. The van der Waals surface area contributed by atoms with Crippen LogP contribution >= 0.6 is 0 Å². The van der Waals surface area contributed by atoms with Crippen LogP contribution in [0.4, 0.5) is 0 Å². The predicted molar refractivity (Wildman–Crippen MR) is 60.3 cm³/mol. The molecular formula is C12H25NO. The zero-order chi connectivity index (χ0) is 10.4. The zero-order valence-corrected chi connectivity index (χ0v) is 9.68. The Morgan fingerprint density at radius 2 is 1.86 bits per heavy atom. The molecule has 0 heterocycles. The van der Waals surface area contributed by atoms with Gasteiger partial charge in [-0.05, 0) is 25.3 Å². The largest absolute Gasteiger partial charge is 0.396 e. The molecule has 0 amide bonds. The van der Waals surface area contributed by atoms with Crippen LogP contribution in [0.15, 0.2) is 0 Å². The van der Waals surface area contributed by atoms with Gasteiger partial charge in [0.2, 0.25) is 0 Å². The monoisotopic (exact) mass is 199 g/mol. The van der Waals surface area contributed by atoms with Crippen molar-refractivity contribution in [2.24, 2.45) is 11.3 Å². The van der Waals surface area contributed by atoms with Gasteiger partial charge in [0.05, 0.1) is 0 Å². The summed E-state index contributed by atoms with van der Waals surface area (Å²) in [6, 6.07) is 0. The molecule has 84 valence electrons. The zero-order valence-electron chi connectivity index (χ0n) is 9.68. The maximum absolute atomic E-state index is 9.09. The Hall–Kier alpha value is -0.0800. The first kappa shape index (κ1) is 12.0. The van der Waals surface area contributed by atoms with Gasteiger partial charge < -0.3 is 10.4 Å². The molecule has 0 aliphatic heterocycles. The number of rotatable bonds is 5. The second-order valence-corrected chi connectivity index (χ2v) is 5.46. The van der Waals surface area contributed by atoms with Crippen molar-refractivity contribution >= 4 is 0 Å². The van der Waals surface area contributed by atoms with Crippen LogP contribution in [0.2, 0.25) is 0 Å². The van der Waals surface area contributed by atoms with Gasteiger partial charge in [-0.1, -0.05) is 33.1 Å². The fourth-order valence-corrected chi connectivity index (χ4v) is 2.06. The van der Waals surface area contributed by atoms with Gasteiger partial charge in [-0.15, -0.1) is 0 Å². The SMILES string of the molecule is CC(C)(CO)CNCC1CCCCC1. The van der Waals surface area contributed by atoms with Gasteiger partial charge in [-0.25, -0.2) is 0 Å². The molecule has 1 aliphatic rings. The lowest BCUT2D eigenvalue weighted by Gasteiger charge is -2.26. The molecule has 2 N–H and O–H groups in total. The third-order valence-electron chi connectivity index (χ3n) is 3.19. The molecule has 0 aromatic carbocycles. The molecule has 0 atom stereocenters. The molecule has 0 spiro atoms. The first-order chi connectivity index (χ1) is 6.64. The predicted octanol–water partition coefficient (Wildman–Crippen LogP) is 2.17. The molecule has 0 bridgehead atoms. The highest BCUT2D eigenvalue weighted by atomic mass is 16.3. The Bertz CT molecular complexity index is 150. The number of nitrogens with one attached hydrogen (secondary N) is 1. The van der Waals surface area contributed by atoms with Crippen LogP contribution in [0.1, 0.15) is 46.0 Å². The Morgan fingerprint density at radius 3 is 2.43 bits per heavy atom. The van der Waals surface area contributed by atoms with Crippen molar-refractivity contribution in [1.82, 2.24) is 5.32 Å². The van der Waals surface area contributed by atoms with Crippen LogP contribution in [0.5, 0.6) is 0 Å². The molecular weight excluding hydrogens is 174 g/mol. The van der Waals surface area contributed by atoms with Crippen LogP contribution in [-0.4, -0.2) is 24.8 Å². The molecule has 0 aromatic heterocycles. The summed E-state index contributed by atoms with van der Waals surface area (Å²) >= 11 is 0. The van der Waals surface area contributed by atoms with E-state index in [9.17, 15) is 0 Å². The molecule has 2 nitrogen and oxygen atoms in total. The first-order valence-corrected chi connectivity index (χ1v) is 5.96. The van der Waals surface area contributed by atoms with Crippen LogP contribution in [0.3, 0.4) is 0 Å². The highest BCUT2D eigenvalue weighted by molar-refractivity contribution is 4.73. The van der Waals surface area contributed by atoms with E-state index in [-0.39, 0.29) is 12.0 Å². The van der Waals surface area contributed by atoms with Gasteiger partial charge in [0.1, 0.15) is 0 Å². The van der Waals surface area contributed by atoms with Crippen molar-refractivity contribution < 1.29 is 5.11 Å². The molecule has 1 rings (SSSR count). The molecule has 1 fully saturated rings. The van der Waals surface area contributed by atoms with E-state index in [2.05, 4.69) is 19.2 Å². The van der Waals surface area contributed by atoms with Crippen LogP contribution < -0.4 is 5.32 Å². The summed E-state index contributed by atoms with van der Waals surface area (Å²) < 4.78 is 0. The smallest absolute Gasteiger partial charge is 0.0494 e. The van der Waals surface area contributed by atoms with E-state index in [1.807, 2.05) is 0 Å². The average molecular weight is 199 g/mol. The van der Waals surface area contributed by atoms with Gasteiger partial charge in [0.15, 0.2) is 0 Å². The summed E-state index contributed by atoms with van der Waals surface area (Å²) in [5.41, 5.74) is 0.0364. The Labute approximate surface area is 88.1 Å². The maximum atomic E-state index is 9.09. The van der Waals surface area contributed by atoms with Crippen LogP contribution in [0, 0.1) is 11.3 Å². The van der Waals surface area contributed by atoms with E-state index in [1.54, 1.807) is 0 Å². The van der Waals surface area contributed by atoms with E-state index >= 15 is 0 Å². The Morgan fingerprint density at radius 1 is 1.21 bits per heavy atom. The number of hydrogen-bond donors (Lipinski definition) is 2. The quantitative estimate of drug-likeness (QED) is 0.711. The summed E-state index contributed by atoms with van der Waals surface area (Å²) in [5, 5.41) is 12.6. The summed E-state index contributed by atoms with van der Waals surface area (Å²) in [5.74, 6) is 0.887. The van der Waals surface area contributed by atoms with Crippen molar-refractivity contribution in [2.75, 3.05) is 19.7 Å². The molecule has 0 radical (unpaired) electrons. The van der Waals surface area contributed by atoms with Gasteiger partial charge in [0, 0.05) is 18.6 Å².